The zero-order valence-corrected chi connectivity index (χ0v) is 12.3. The van der Waals surface area contributed by atoms with Crippen LogP contribution in [0.4, 0.5) is 4.39 Å². The molecule has 2 aromatic carbocycles. The van der Waals surface area contributed by atoms with E-state index in [1.54, 1.807) is 22.8 Å². The van der Waals surface area contributed by atoms with Gasteiger partial charge in [-0.1, -0.05) is 29.3 Å². The van der Waals surface area contributed by atoms with Crippen LogP contribution in [0, 0.1) is 5.82 Å². The molecule has 1 aromatic heterocycles. The number of halogens is 4. The van der Waals surface area contributed by atoms with Crippen LogP contribution in [0.2, 0.25) is 10.0 Å². The summed E-state index contributed by atoms with van der Waals surface area (Å²) in [7, 11) is 0. The Morgan fingerprint density at radius 1 is 1.15 bits per heavy atom. The molecule has 3 aromatic rings. The van der Waals surface area contributed by atoms with Gasteiger partial charge in [0.2, 0.25) is 0 Å². The molecule has 3 rings (SSSR count). The monoisotopic (exact) mass is 328 g/mol. The molecule has 0 aliphatic carbocycles. The standard InChI is InChI=1S/C14H8Cl3FN2/c15-7-13-19-12-3-1-2-11(17)14(12)20(13)10-5-8(16)4-9(18)6-10/h1-6H,7H2. The van der Waals surface area contributed by atoms with Crippen molar-refractivity contribution in [3.05, 3.63) is 58.1 Å². The molecule has 0 aliphatic heterocycles. The van der Waals surface area contributed by atoms with Crippen LogP contribution in [0.5, 0.6) is 0 Å². The van der Waals surface area contributed by atoms with Crippen LogP contribution in [0.1, 0.15) is 5.82 Å². The third kappa shape index (κ3) is 2.26. The maximum Gasteiger partial charge on any atom is 0.129 e. The number of nitrogens with zero attached hydrogens (tertiary/aromatic N) is 2. The smallest absolute Gasteiger partial charge is 0.129 e. The molecule has 2 nitrogen and oxygen atoms in total. The van der Waals surface area contributed by atoms with E-state index in [1.807, 2.05) is 6.07 Å². The van der Waals surface area contributed by atoms with Gasteiger partial charge in [0.1, 0.15) is 11.6 Å². The topological polar surface area (TPSA) is 17.8 Å². The Balaban J connectivity index is 2.39. The van der Waals surface area contributed by atoms with Gasteiger partial charge in [-0.05, 0) is 30.3 Å². The van der Waals surface area contributed by atoms with Gasteiger partial charge >= 0.3 is 0 Å². The molecule has 0 N–H and O–H groups in total. The van der Waals surface area contributed by atoms with Gasteiger partial charge in [-0.3, -0.25) is 4.57 Å². The number of rotatable bonds is 2. The first-order valence-corrected chi connectivity index (χ1v) is 7.07. The van der Waals surface area contributed by atoms with Crippen LogP contribution in [-0.4, -0.2) is 9.55 Å². The van der Waals surface area contributed by atoms with Gasteiger partial charge in [0.15, 0.2) is 0 Å². The molecule has 0 saturated carbocycles. The first-order chi connectivity index (χ1) is 9.60. The highest BCUT2D eigenvalue weighted by atomic mass is 35.5. The van der Waals surface area contributed by atoms with Crippen LogP contribution in [0.15, 0.2) is 36.4 Å². The highest BCUT2D eigenvalue weighted by Crippen LogP contribution is 2.29. The Morgan fingerprint density at radius 2 is 1.95 bits per heavy atom. The fraction of sp³-hybridized carbons (Fsp3) is 0.0714. The van der Waals surface area contributed by atoms with E-state index < -0.39 is 5.82 Å². The molecular formula is C14H8Cl3FN2. The van der Waals surface area contributed by atoms with Gasteiger partial charge in [-0.25, -0.2) is 9.37 Å². The summed E-state index contributed by atoms with van der Waals surface area (Å²) in [5, 5.41) is 0.821. The Bertz CT molecular complexity index is 778. The minimum Gasteiger partial charge on any atom is -0.294 e. The number of fused-ring (bicyclic) bond motifs is 1. The van der Waals surface area contributed by atoms with Crippen LogP contribution < -0.4 is 0 Å². The van der Waals surface area contributed by atoms with E-state index in [0.29, 0.717) is 32.6 Å². The lowest BCUT2D eigenvalue weighted by molar-refractivity contribution is 0.626. The summed E-state index contributed by atoms with van der Waals surface area (Å²) in [5.74, 6) is 0.331. The second kappa shape index (κ2) is 5.24. The van der Waals surface area contributed by atoms with Crippen molar-refractivity contribution in [1.82, 2.24) is 9.55 Å². The molecule has 0 aliphatic rings. The summed E-state index contributed by atoms with van der Waals surface area (Å²) in [6.07, 6.45) is 0. The van der Waals surface area contributed by atoms with Crippen LogP contribution in [0.3, 0.4) is 0 Å². The number of aromatic nitrogens is 2. The lowest BCUT2D eigenvalue weighted by Crippen LogP contribution is -2.00. The zero-order valence-electron chi connectivity index (χ0n) is 10.1. The number of hydrogen-bond donors (Lipinski definition) is 0. The van der Waals surface area contributed by atoms with Gasteiger partial charge in [-0.2, -0.15) is 0 Å². The molecule has 0 fully saturated rings. The Morgan fingerprint density at radius 3 is 2.65 bits per heavy atom. The van der Waals surface area contributed by atoms with Crippen LogP contribution in [0.25, 0.3) is 16.7 Å². The number of benzene rings is 2. The van der Waals surface area contributed by atoms with E-state index in [1.165, 1.54) is 12.1 Å². The minimum absolute atomic E-state index is 0.180. The van der Waals surface area contributed by atoms with Crippen molar-refractivity contribution in [1.29, 1.82) is 0 Å². The molecule has 0 atom stereocenters. The van der Waals surface area contributed by atoms with Crippen molar-refractivity contribution in [3.8, 4) is 5.69 Å². The predicted octanol–water partition coefficient (Wildman–Crippen LogP) is 5.21. The van der Waals surface area contributed by atoms with Crippen molar-refractivity contribution < 1.29 is 4.39 Å². The second-order valence-corrected chi connectivity index (χ2v) is 5.34. The Kier molecular flexibility index (Phi) is 3.59. The fourth-order valence-corrected chi connectivity index (χ4v) is 2.82. The van der Waals surface area contributed by atoms with E-state index in [4.69, 9.17) is 34.8 Å². The number of imidazole rings is 1. The molecule has 0 radical (unpaired) electrons. The van der Waals surface area contributed by atoms with E-state index in [9.17, 15) is 4.39 Å². The van der Waals surface area contributed by atoms with Crippen molar-refractivity contribution >= 4 is 45.8 Å². The van der Waals surface area contributed by atoms with Crippen molar-refractivity contribution in [2.45, 2.75) is 5.88 Å². The SMILES string of the molecule is Fc1cc(Cl)cc(-n2c(CCl)nc3cccc(Cl)c32)c1. The summed E-state index contributed by atoms with van der Waals surface area (Å²) < 4.78 is 15.3. The van der Waals surface area contributed by atoms with Crippen molar-refractivity contribution in [3.63, 3.8) is 0 Å². The molecule has 20 heavy (non-hydrogen) atoms. The largest absolute Gasteiger partial charge is 0.294 e. The lowest BCUT2D eigenvalue weighted by Gasteiger charge is -2.09. The number of alkyl halides is 1. The predicted molar refractivity (Wildman–Crippen MR) is 80.6 cm³/mol. The van der Waals surface area contributed by atoms with Gasteiger partial charge in [0.05, 0.1) is 27.6 Å². The maximum atomic E-state index is 13.6. The summed E-state index contributed by atoms with van der Waals surface area (Å²) >= 11 is 18.1. The number of para-hydroxylation sites is 1. The van der Waals surface area contributed by atoms with Crippen LogP contribution >= 0.6 is 34.8 Å². The van der Waals surface area contributed by atoms with Gasteiger partial charge in [-0.15, -0.1) is 11.6 Å². The molecule has 0 bridgehead atoms. The summed E-state index contributed by atoms with van der Waals surface area (Å²) in [6, 6.07) is 9.64. The Labute approximate surface area is 129 Å². The normalized spacial score (nSPS) is 11.2. The van der Waals surface area contributed by atoms with E-state index in [-0.39, 0.29) is 5.88 Å². The lowest BCUT2D eigenvalue weighted by atomic mass is 10.2. The molecular weight excluding hydrogens is 322 g/mol. The van der Waals surface area contributed by atoms with Gasteiger partial charge in [0, 0.05) is 5.02 Å². The average molecular weight is 330 g/mol. The maximum absolute atomic E-state index is 13.6. The fourth-order valence-electron chi connectivity index (χ4n) is 2.17. The first kappa shape index (κ1) is 13.7. The van der Waals surface area contributed by atoms with E-state index in [0.717, 1.165) is 0 Å². The summed E-state index contributed by atoms with van der Waals surface area (Å²) in [4.78, 5) is 4.41. The molecule has 0 spiro atoms. The Hall–Kier alpha value is -1.29. The third-order valence-corrected chi connectivity index (χ3v) is 3.68. The summed E-state index contributed by atoms with van der Waals surface area (Å²) in [5.41, 5.74) is 1.93. The summed E-state index contributed by atoms with van der Waals surface area (Å²) in [6.45, 7) is 0. The van der Waals surface area contributed by atoms with Crippen LogP contribution in [-0.2, 0) is 5.88 Å². The first-order valence-electron chi connectivity index (χ1n) is 5.78. The molecule has 0 amide bonds. The molecule has 0 saturated heterocycles. The van der Waals surface area contributed by atoms with Gasteiger partial charge in [0.25, 0.3) is 0 Å². The van der Waals surface area contributed by atoms with E-state index >= 15 is 0 Å². The molecule has 1 heterocycles. The molecule has 0 unspecified atom stereocenters. The minimum atomic E-state index is -0.429. The third-order valence-electron chi connectivity index (χ3n) is 2.92. The number of hydrogen-bond acceptors (Lipinski definition) is 1. The second-order valence-electron chi connectivity index (χ2n) is 4.23. The van der Waals surface area contributed by atoms with Gasteiger partial charge < -0.3 is 0 Å². The molecule has 102 valence electrons. The molecule has 6 heteroatoms. The van der Waals surface area contributed by atoms with Crippen molar-refractivity contribution in [2.75, 3.05) is 0 Å². The highest BCUT2D eigenvalue weighted by Gasteiger charge is 2.15. The quantitative estimate of drug-likeness (QED) is 0.590. The highest BCUT2D eigenvalue weighted by molar-refractivity contribution is 6.35. The van der Waals surface area contributed by atoms with E-state index in [2.05, 4.69) is 4.98 Å². The van der Waals surface area contributed by atoms with Crippen molar-refractivity contribution in [2.24, 2.45) is 0 Å². The zero-order chi connectivity index (χ0) is 14.3. The average Bonchev–Trinajstić information content (AvgIpc) is 2.77.